The molecule has 5 nitrogen and oxygen atoms in total. The number of aromatic nitrogens is 1. The normalized spacial score (nSPS) is 15.2. The zero-order valence-corrected chi connectivity index (χ0v) is 18.4. The minimum absolute atomic E-state index is 0.226. The molecule has 2 heterocycles. The Morgan fingerprint density at radius 1 is 0.968 bits per heavy atom. The number of imide groups is 1. The minimum atomic E-state index is -0.264. The summed E-state index contributed by atoms with van der Waals surface area (Å²) in [7, 11) is 0. The Hall–Kier alpha value is -3.25. The molecule has 0 bridgehead atoms. The zero-order chi connectivity index (χ0) is 21.8. The lowest BCUT2D eigenvalue weighted by Gasteiger charge is -2.13. The van der Waals surface area contributed by atoms with E-state index in [0.717, 1.165) is 41.0 Å². The first-order valence-electron chi connectivity index (χ1n) is 10.2. The predicted molar refractivity (Wildman–Crippen MR) is 124 cm³/mol. The summed E-state index contributed by atoms with van der Waals surface area (Å²) in [5.41, 5.74) is 4.36. The average molecular weight is 433 g/mol. The van der Waals surface area contributed by atoms with Crippen molar-refractivity contribution in [2.75, 3.05) is 13.2 Å². The van der Waals surface area contributed by atoms with Gasteiger partial charge < -0.3 is 9.30 Å². The molecule has 1 fully saturated rings. The molecule has 1 saturated heterocycles. The highest BCUT2D eigenvalue weighted by Gasteiger charge is 2.35. The molecule has 1 aromatic heterocycles. The fraction of sp³-hybridized carbons (Fsp3) is 0.200. The van der Waals surface area contributed by atoms with Crippen molar-refractivity contribution in [3.05, 3.63) is 94.1 Å². The number of para-hydroxylation sites is 1. The van der Waals surface area contributed by atoms with E-state index < -0.39 is 0 Å². The van der Waals surface area contributed by atoms with Crippen LogP contribution >= 0.6 is 11.8 Å². The Morgan fingerprint density at radius 3 is 2.35 bits per heavy atom. The molecule has 2 amide bonds. The van der Waals surface area contributed by atoms with Gasteiger partial charge in [-0.25, -0.2) is 0 Å². The number of rotatable bonds is 7. The summed E-state index contributed by atoms with van der Waals surface area (Å²) in [5, 5.41) is -0.258. The van der Waals surface area contributed by atoms with Gasteiger partial charge >= 0.3 is 0 Å². The van der Waals surface area contributed by atoms with Crippen LogP contribution in [-0.2, 0) is 11.3 Å². The summed E-state index contributed by atoms with van der Waals surface area (Å²) in [6.45, 7) is 5.36. The van der Waals surface area contributed by atoms with Gasteiger partial charge in [0.15, 0.2) is 0 Å². The standard InChI is InChI=1S/C25H24N2O3S/c1-18-15-21(19(2)27(18)17-20-9-5-3-6-10-20)16-23-24(28)26(25(29)31-23)13-14-30-22-11-7-4-8-12-22/h3-12,15-16H,13-14,17H2,1-2H3/b23-16-. The molecule has 0 saturated carbocycles. The highest BCUT2D eigenvalue weighted by Crippen LogP contribution is 2.33. The van der Waals surface area contributed by atoms with Crippen LogP contribution in [-0.4, -0.2) is 33.8 Å². The highest BCUT2D eigenvalue weighted by atomic mass is 32.2. The van der Waals surface area contributed by atoms with Gasteiger partial charge in [-0.2, -0.15) is 0 Å². The molecule has 31 heavy (non-hydrogen) atoms. The lowest BCUT2D eigenvalue weighted by Crippen LogP contribution is -2.32. The van der Waals surface area contributed by atoms with Gasteiger partial charge in [0.2, 0.25) is 0 Å². The molecular weight excluding hydrogens is 408 g/mol. The summed E-state index contributed by atoms with van der Waals surface area (Å²) in [6, 6.07) is 21.7. The van der Waals surface area contributed by atoms with E-state index >= 15 is 0 Å². The monoisotopic (exact) mass is 432 g/mol. The Kier molecular flexibility index (Phi) is 6.28. The number of aryl methyl sites for hydroxylation is 1. The summed E-state index contributed by atoms with van der Waals surface area (Å²) in [6.07, 6.45) is 1.83. The Labute approximate surface area is 186 Å². The first-order valence-corrected chi connectivity index (χ1v) is 11.0. The number of ether oxygens (including phenoxy) is 1. The molecular formula is C25H24N2O3S. The molecule has 0 aliphatic carbocycles. The summed E-state index contributed by atoms with van der Waals surface area (Å²) < 4.78 is 7.86. The van der Waals surface area contributed by atoms with Crippen molar-refractivity contribution in [1.29, 1.82) is 0 Å². The fourth-order valence-electron chi connectivity index (χ4n) is 3.59. The fourth-order valence-corrected chi connectivity index (χ4v) is 4.44. The van der Waals surface area contributed by atoms with Crippen molar-refractivity contribution < 1.29 is 14.3 Å². The van der Waals surface area contributed by atoms with Crippen molar-refractivity contribution in [2.24, 2.45) is 0 Å². The number of amides is 2. The van der Waals surface area contributed by atoms with E-state index in [4.69, 9.17) is 4.74 Å². The van der Waals surface area contributed by atoms with Crippen LogP contribution in [0.25, 0.3) is 6.08 Å². The van der Waals surface area contributed by atoms with Crippen LogP contribution < -0.4 is 4.74 Å². The minimum Gasteiger partial charge on any atom is -0.492 e. The van der Waals surface area contributed by atoms with Gasteiger partial charge in [0.1, 0.15) is 12.4 Å². The highest BCUT2D eigenvalue weighted by molar-refractivity contribution is 8.18. The van der Waals surface area contributed by atoms with Gasteiger partial charge in [-0.1, -0.05) is 48.5 Å². The number of hydrogen-bond donors (Lipinski definition) is 0. The Morgan fingerprint density at radius 2 is 1.65 bits per heavy atom. The molecule has 3 aromatic rings. The second-order valence-corrected chi connectivity index (χ2v) is 8.39. The van der Waals surface area contributed by atoms with E-state index in [2.05, 4.69) is 29.7 Å². The van der Waals surface area contributed by atoms with Crippen LogP contribution in [0, 0.1) is 13.8 Å². The third-order valence-electron chi connectivity index (χ3n) is 5.28. The largest absolute Gasteiger partial charge is 0.492 e. The SMILES string of the molecule is Cc1cc(/C=C2\SC(=O)N(CCOc3ccccc3)C2=O)c(C)n1Cc1ccccc1. The first-order chi connectivity index (χ1) is 15.0. The molecule has 0 spiro atoms. The molecule has 2 aromatic carbocycles. The van der Waals surface area contributed by atoms with Crippen LogP contribution in [0.5, 0.6) is 5.75 Å². The second-order valence-electron chi connectivity index (χ2n) is 7.39. The maximum absolute atomic E-state index is 12.8. The average Bonchev–Trinajstić information content (AvgIpc) is 3.19. The number of carbonyl (C=O) groups excluding carboxylic acids is 2. The summed E-state index contributed by atoms with van der Waals surface area (Å²) >= 11 is 0.984. The molecule has 0 radical (unpaired) electrons. The lowest BCUT2D eigenvalue weighted by molar-refractivity contribution is -0.123. The predicted octanol–water partition coefficient (Wildman–Crippen LogP) is 5.27. The molecule has 158 valence electrons. The molecule has 0 atom stereocenters. The number of thioether (sulfide) groups is 1. The first kappa shape index (κ1) is 21.0. The van der Waals surface area contributed by atoms with Gasteiger partial charge in [-0.3, -0.25) is 14.5 Å². The van der Waals surface area contributed by atoms with Crippen molar-refractivity contribution in [3.63, 3.8) is 0 Å². The van der Waals surface area contributed by atoms with Crippen LogP contribution in [0.2, 0.25) is 0 Å². The molecule has 1 aliphatic rings. The van der Waals surface area contributed by atoms with E-state index in [1.54, 1.807) is 0 Å². The zero-order valence-electron chi connectivity index (χ0n) is 17.6. The van der Waals surface area contributed by atoms with E-state index in [9.17, 15) is 9.59 Å². The molecule has 0 N–H and O–H groups in total. The molecule has 4 rings (SSSR count). The van der Waals surface area contributed by atoms with E-state index in [1.165, 1.54) is 10.5 Å². The van der Waals surface area contributed by atoms with Gasteiger partial charge in [-0.15, -0.1) is 0 Å². The van der Waals surface area contributed by atoms with Crippen LogP contribution in [0.4, 0.5) is 4.79 Å². The third kappa shape index (κ3) is 4.75. The number of hydrogen-bond acceptors (Lipinski definition) is 4. The number of benzene rings is 2. The molecule has 6 heteroatoms. The van der Waals surface area contributed by atoms with E-state index in [-0.39, 0.29) is 24.3 Å². The molecule has 0 unspecified atom stereocenters. The van der Waals surface area contributed by atoms with Crippen LogP contribution in [0.15, 0.2) is 71.6 Å². The van der Waals surface area contributed by atoms with Gasteiger partial charge in [-0.05, 0) is 61.0 Å². The number of carbonyl (C=O) groups is 2. The second kappa shape index (κ2) is 9.27. The smallest absolute Gasteiger partial charge is 0.293 e. The Balaban J connectivity index is 1.46. The third-order valence-corrected chi connectivity index (χ3v) is 6.19. The van der Waals surface area contributed by atoms with Crippen molar-refractivity contribution >= 4 is 29.0 Å². The van der Waals surface area contributed by atoms with Gasteiger partial charge in [0, 0.05) is 17.9 Å². The van der Waals surface area contributed by atoms with Gasteiger partial charge in [0.05, 0.1) is 11.4 Å². The molecule has 1 aliphatic heterocycles. The topological polar surface area (TPSA) is 51.5 Å². The number of nitrogens with zero attached hydrogens (tertiary/aromatic N) is 2. The van der Waals surface area contributed by atoms with Crippen molar-refractivity contribution in [1.82, 2.24) is 9.47 Å². The maximum Gasteiger partial charge on any atom is 0.293 e. The summed E-state index contributed by atoms with van der Waals surface area (Å²) in [4.78, 5) is 26.9. The van der Waals surface area contributed by atoms with Crippen LogP contribution in [0.3, 0.4) is 0 Å². The maximum atomic E-state index is 12.8. The van der Waals surface area contributed by atoms with E-state index in [1.807, 2.05) is 61.5 Å². The van der Waals surface area contributed by atoms with Gasteiger partial charge in [0.25, 0.3) is 11.1 Å². The lowest BCUT2D eigenvalue weighted by atomic mass is 10.2. The Bertz CT molecular complexity index is 1120. The quantitative estimate of drug-likeness (QED) is 0.478. The summed E-state index contributed by atoms with van der Waals surface area (Å²) in [5.74, 6) is 0.454. The van der Waals surface area contributed by atoms with Crippen molar-refractivity contribution in [2.45, 2.75) is 20.4 Å². The van der Waals surface area contributed by atoms with E-state index in [0.29, 0.717) is 4.91 Å². The van der Waals surface area contributed by atoms with Crippen LogP contribution in [0.1, 0.15) is 22.5 Å². The van der Waals surface area contributed by atoms with Crippen molar-refractivity contribution in [3.8, 4) is 5.75 Å².